The van der Waals surface area contributed by atoms with Crippen molar-refractivity contribution in [3.63, 3.8) is 0 Å². The van der Waals surface area contributed by atoms with Gasteiger partial charge < -0.3 is 5.73 Å². The van der Waals surface area contributed by atoms with Crippen molar-refractivity contribution in [1.29, 1.82) is 5.26 Å². The zero-order chi connectivity index (χ0) is 14.9. The van der Waals surface area contributed by atoms with E-state index in [0.717, 1.165) is 5.56 Å². The number of nitrogens with two attached hydrogens (primary N) is 1. The van der Waals surface area contributed by atoms with Crippen molar-refractivity contribution < 1.29 is 9.59 Å². The van der Waals surface area contributed by atoms with Crippen LogP contribution < -0.4 is 10.6 Å². The zero-order valence-electron chi connectivity index (χ0n) is 11.1. The molecule has 1 heterocycles. The number of benzene rings is 1. The average molecular weight is 287 g/mol. The third-order valence-electron chi connectivity index (χ3n) is 2.92. The van der Waals surface area contributed by atoms with Gasteiger partial charge in [-0.25, -0.2) is 0 Å². The Hall–Kier alpha value is -2.26. The molecule has 1 aromatic rings. The highest BCUT2D eigenvalue weighted by Gasteiger charge is 2.37. The molecule has 1 aliphatic rings. The number of anilines is 1. The maximum atomic E-state index is 12.3. The minimum Gasteiger partial charge on any atom is -0.365 e. The Balaban J connectivity index is 2.58. The summed E-state index contributed by atoms with van der Waals surface area (Å²) in [5.74, 6) is -0.989. The summed E-state index contributed by atoms with van der Waals surface area (Å²) >= 11 is 1.17. The highest BCUT2D eigenvalue weighted by atomic mass is 32.2. The van der Waals surface area contributed by atoms with Crippen LogP contribution in [0.4, 0.5) is 5.69 Å². The molecule has 2 amide bonds. The van der Waals surface area contributed by atoms with Crippen molar-refractivity contribution in [3.8, 4) is 6.07 Å². The number of aryl methyl sites for hydroxylation is 1. The van der Waals surface area contributed by atoms with Crippen LogP contribution in [-0.2, 0) is 9.59 Å². The number of nitriles is 1. The smallest absolute Gasteiger partial charge is 0.262 e. The van der Waals surface area contributed by atoms with E-state index in [1.54, 1.807) is 25.1 Å². The lowest BCUT2D eigenvalue weighted by atomic mass is 10.2. The van der Waals surface area contributed by atoms with E-state index in [4.69, 9.17) is 11.0 Å². The lowest BCUT2D eigenvalue weighted by Crippen LogP contribution is -2.29. The average Bonchev–Trinajstić information content (AvgIpc) is 2.68. The van der Waals surface area contributed by atoms with Gasteiger partial charge in [0, 0.05) is 5.69 Å². The lowest BCUT2D eigenvalue weighted by Gasteiger charge is -2.18. The van der Waals surface area contributed by atoms with E-state index in [9.17, 15) is 9.59 Å². The van der Waals surface area contributed by atoms with E-state index >= 15 is 0 Å². The molecule has 1 aromatic carbocycles. The molecule has 0 saturated carbocycles. The van der Waals surface area contributed by atoms with Gasteiger partial charge in [0.25, 0.3) is 5.91 Å². The second-order valence-corrected chi connectivity index (χ2v) is 5.75. The molecule has 1 fully saturated rings. The first-order valence-corrected chi connectivity index (χ1v) is 6.85. The van der Waals surface area contributed by atoms with E-state index in [-0.39, 0.29) is 16.7 Å². The normalized spacial score (nSPS) is 20.8. The van der Waals surface area contributed by atoms with Crippen LogP contribution >= 0.6 is 11.8 Å². The molecule has 0 aromatic heterocycles. The van der Waals surface area contributed by atoms with E-state index in [2.05, 4.69) is 0 Å². The van der Waals surface area contributed by atoms with Crippen LogP contribution in [0.1, 0.15) is 12.5 Å². The van der Waals surface area contributed by atoms with Crippen molar-refractivity contribution >= 4 is 29.3 Å². The van der Waals surface area contributed by atoms with Crippen LogP contribution in [0, 0.1) is 18.3 Å². The Morgan fingerprint density at radius 1 is 1.40 bits per heavy atom. The molecule has 5 nitrogen and oxygen atoms in total. The van der Waals surface area contributed by atoms with Crippen molar-refractivity contribution in [2.24, 2.45) is 5.73 Å². The Morgan fingerprint density at radius 2 is 2.00 bits per heavy atom. The summed E-state index contributed by atoms with van der Waals surface area (Å²) < 4.78 is 0. The van der Waals surface area contributed by atoms with Crippen LogP contribution in [0.5, 0.6) is 0 Å². The number of thioether (sulfide) groups is 1. The Kier molecular flexibility index (Phi) is 3.81. The minimum atomic E-state index is -0.825. The maximum absolute atomic E-state index is 12.3. The molecule has 2 rings (SSSR count). The van der Waals surface area contributed by atoms with Gasteiger partial charge in [-0.1, -0.05) is 29.5 Å². The lowest BCUT2D eigenvalue weighted by molar-refractivity contribution is -0.116. The first-order chi connectivity index (χ1) is 9.45. The number of carbonyl (C=O) groups excluding carboxylic acids is 2. The van der Waals surface area contributed by atoms with Crippen LogP contribution in [0.2, 0.25) is 0 Å². The van der Waals surface area contributed by atoms with Gasteiger partial charge >= 0.3 is 0 Å². The van der Waals surface area contributed by atoms with Gasteiger partial charge in [0.2, 0.25) is 5.91 Å². The van der Waals surface area contributed by atoms with E-state index in [1.165, 1.54) is 16.7 Å². The summed E-state index contributed by atoms with van der Waals surface area (Å²) in [4.78, 5) is 25.0. The van der Waals surface area contributed by atoms with Gasteiger partial charge in [-0.05, 0) is 26.0 Å². The number of hydrogen-bond donors (Lipinski definition) is 1. The maximum Gasteiger partial charge on any atom is 0.262 e. The van der Waals surface area contributed by atoms with Gasteiger partial charge in [-0.3, -0.25) is 14.5 Å². The summed E-state index contributed by atoms with van der Waals surface area (Å²) in [5, 5.41) is 9.03. The second kappa shape index (κ2) is 5.39. The highest BCUT2D eigenvalue weighted by Crippen LogP contribution is 2.40. The number of primary amides is 1. The zero-order valence-corrected chi connectivity index (χ0v) is 11.9. The second-order valence-electron chi connectivity index (χ2n) is 4.43. The third kappa shape index (κ3) is 2.40. The van der Waals surface area contributed by atoms with Crippen molar-refractivity contribution in [3.05, 3.63) is 40.4 Å². The molecule has 6 heteroatoms. The van der Waals surface area contributed by atoms with Crippen LogP contribution in [0.25, 0.3) is 0 Å². The first-order valence-electron chi connectivity index (χ1n) is 5.97. The molecule has 0 radical (unpaired) electrons. The van der Waals surface area contributed by atoms with Gasteiger partial charge in [-0.2, -0.15) is 5.26 Å². The van der Waals surface area contributed by atoms with Gasteiger partial charge in [0.1, 0.15) is 16.7 Å². The van der Waals surface area contributed by atoms with Crippen molar-refractivity contribution in [2.45, 2.75) is 19.1 Å². The topological polar surface area (TPSA) is 87.2 Å². The standard InChI is InChI=1S/C14H13N3O2S/c1-8-3-5-10(6-4-8)17-13(19)9(2)20-14(17)11(7-15)12(16)18/h3-6,9H,1-2H3,(H2,16,18)/b14-11+. The fourth-order valence-corrected chi connectivity index (χ4v) is 2.98. The predicted molar refractivity (Wildman–Crippen MR) is 77.6 cm³/mol. The first kappa shape index (κ1) is 14.2. The molecular weight excluding hydrogens is 274 g/mol. The van der Waals surface area contributed by atoms with Gasteiger partial charge in [0.05, 0.1) is 5.25 Å². The Bertz CT molecular complexity index is 643. The molecule has 2 N–H and O–H groups in total. The van der Waals surface area contributed by atoms with Crippen LogP contribution in [-0.4, -0.2) is 17.1 Å². The van der Waals surface area contributed by atoms with E-state index in [0.29, 0.717) is 10.7 Å². The number of rotatable bonds is 2. The molecule has 1 unspecified atom stereocenters. The third-order valence-corrected chi connectivity index (χ3v) is 4.09. The molecule has 0 spiro atoms. The quantitative estimate of drug-likeness (QED) is 0.662. The molecule has 102 valence electrons. The summed E-state index contributed by atoms with van der Waals surface area (Å²) in [6.07, 6.45) is 0. The molecule has 0 aliphatic carbocycles. The minimum absolute atomic E-state index is 0.164. The monoisotopic (exact) mass is 287 g/mol. The number of nitrogens with zero attached hydrogens (tertiary/aromatic N) is 2. The Labute approximate surface area is 121 Å². The molecule has 1 saturated heterocycles. The molecule has 0 bridgehead atoms. The highest BCUT2D eigenvalue weighted by molar-refractivity contribution is 8.05. The Morgan fingerprint density at radius 3 is 2.50 bits per heavy atom. The van der Waals surface area contributed by atoms with E-state index in [1.807, 2.05) is 19.1 Å². The van der Waals surface area contributed by atoms with Gasteiger partial charge in [0.15, 0.2) is 0 Å². The number of hydrogen-bond acceptors (Lipinski definition) is 4. The van der Waals surface area contributed by atoms with Crippen molar-refractivity contribution in [2.75, 3.05) is 4.90 Å². The molecule has 1 atom stereocenters. The predicted octanol–water partition coefficient (Wildman–Crippen LogP) is 1.68. The number of carbonyl (C=O) groups is 2. The fraction of sp³-hybridized carbons (Fsp3) is 0.214. The SMILES string of the molecule is Cc1ccc(N2C(=O)C(C)S/C2=C(\C#N)C(N)=O)cc1. The molecule has 1 aliphatic heterocycles. The van der Waals surface area contributed by atoms with Gasteiger partial charge in [-0.15, -0.1) is 0 Å². The van der Waals surface area contributed by atoms with E-state index < -0.39 is 5.91 Å². The fourth-order valence-electron chi connectivity index (χ4n) is 1.87. The molecular formula is C14H13N3O2S. The summed E-state index contributed by atoms with van der Waals surface area (Å²) in [5.41, 5.74) is 6.71. The largest absolute Gasteiger partial charge is 0.365 e. The number of amides is 2. The van der Waals surface area contributed by atoms with Crippen molar-refractivity contribution in [1.82, 2.24) is 0 Å². The van der Waals surface area contributed by atoms with Crippen LogP contribution in [0.3, 0.4) is 0 Å². The summed E-state index contributed by atoms with van der Waals surface area (Å²) in [6, 6.07) is 9.08. The summed E-state index contributed by atoms with van der Waals surface area (Å²) in [6.45, 7) is 3.67. The summed E-state index contributed by atoms with van der Waals surface area (Å²) in [7, 11) is 0. The molecule has 20 heavy (non-hydrogen) atoms. The van der Waals surface area contributed by atoms with Crippen LogP contribution in [0.15, 0.2) is 34.9 Å².